The van der Waals surface area contributed by atoms with Crippen LogP contribution >= 0.6 is 11.6 Å². The molecule has 4 heteroatoms. The molecule has 1 atom stereocenters. The van der Waals surface area contributed by atoms with Crippen LogP contribution in [0.15, 0.2) is 18.2 Å². The fourth-order valence-corrected chi connectivity index (χ4v) is 2.91. The standard InChI is InChI=1S/C15H19ClFNO/c1-11-9-13(4-5-14(11)17)15(19)18-8-2-3-12(10-18)6-7-16/h4-5,9,12H,2-3,6-8,10H2,1H3. The minimum absolute atomic E-state index is 0.00220. The van der Waals surface area contributed by atoms with Crippen molar-refractivity contribution in [1.82, 2.24) is 4.90 Å². The van der Waals surface area contributed by atoms with Gasteiger partial charge in [0, 0.05) is 24.5 Å². The number of halogens is 2. The number of rotatable bonds is 3. The van der Waals surface area contributed by atoms with Gasteiger partial charge in [-0.2, -0.15) is 0 Å². The first-order valence-electron chi connectivity index (χ1n) is 6.73. The molecular weight excluding hydrogens is 265 g/mol. The number of piperidine rings is 1. The van der Waals surface area contributed by atoms with E-state index in [1.165, 1.54) is 6.07 Å². The number of alkyl halides is 1. The zero-order chi connectivity index (χ0) is 13.8. The van der Waals surface area contributed by atoms with Crippen LogP contribution in [0.25, 0.3) is 0 Å². The monoisotopic (exact) mass is 283 g/mol. The third-order valence-electron chi connectivity index (χ3n) is 3.73. The van der Waals surface area contributed by atoms with Gasteiger partial charge >= 0.3 is 0 Å². The third kappa shape index (κ3) is 3.47. The molecule has 0 bridgehead atoms. The van der Waals surface area contributed by atoms with Crippen LogP contribution in [0, 0.1) is 18.7 Å². The van der Waals surface area contributed by atoms with Crippen molar-refractivity contribution in [3.8, 4) is 0 Å². The summed E-state index contributed by atoms with van der Waals surface area (Å²) in [5.74, 6) is 0.872. The first kappa shape index (κ1) is 14.3. The van der Waals surface area contributed by atoms with E-state index in [2.05, 4.69) is 0 Å². The highest BCUT2D eigenvalue weighted by Crippen LogP contribution is 2.22. The molecule has 0 radical (unpaired) electrons. The summed E-state index contributed by atoms with van der Waals surface area (Å²) in [6, 6.07) is 4.56. The van der Waals surface area contributed by atoms with E-state index in [0.29, 0.717) is 22.9 Å². The summed E-state index contributed by atoms with van der Waals surface area (Å²) in [4.78, 5) is 14.3. The van der Waals surface area contributed by atoms with Gasteiger partial charge in [-0.05, 0) is 55.9 Å². The van der Waals surface area contributed by atoms with E-state index in [1.54, 1.807) is 19.1 Å². The summed E-state index contributed by atoms with van der Waals surface area (Å²) in [5, 5.41) is 0. The molecular formula is C15H19ClFNO. The molecule has 0 aromatic heterocycles. The Morgan fingerprint density at radius 2 is 2.32 bits per heavy atom. The van der Waals surface area contributed by atoms with Gasteiger partial charge in [-0.15, -0.1) is 11.6 Å². The molecule has 0 aliphatic carbocycles. The Hall–Kier alpha value is -1.09. The number of carbonyl (C=O) groups is 1. The SMILES string of the molecule is Cc1cc(C(=O)N2CCCC(CCCl)C2)ccc1F. The molecule has 0 N–H and O–H groups in total. The van der Waals surface area contributed by atoms with Crippen LogP contribution in [0.1, 0.15) is 35.2 Å². The number of likely N-dealkylation sites (tertiary alicyclic amines) is 1. The fourth-order valence-electron chi connectivity index (χ4n) is 2.60. The van der Waals surface area contributed by atoms with E-state index in [0.717, 1.165) is 32.4 Å². The second kappa shape index (κ2) is 6.38. The van der Waals surface area contributed by atoms with Crippen molar-refractivity contribution >= 4 is 17.5 Å². The van der Waals surface area contributed by atoms with Crippen molar-refractivity contribution in [2.24, 2.45) is 5.92 Å². The van der Waals surface area contributed by atoms with Crippen LogP contribution in [-0.4, -0.2) is 29.8 Å². The maximum Gasteiger partial charge on any atom is 0.253 e. The summed E-state index contributed by atoms with van der Waals surface area (Å²) >= 11 is 5.77. The number of carbonyl (C=O) groups excluding carboxylic acids is 1. The fraction of sp³-hybridized carbons (Fsp3) is 0.533. The van der Waals surface area contributed by atoms with Crippen LogP contribution in [0.2, 0.25) is 0 Å². The molecule has 1 aliphatic rings. The molecule has 19 heavy (non-hydrogen) atoms. The van der Waals surface area contributed by atoms with E-state index in [4.69, 9.17) is 11.6 Å². The van der Waals surface area contributed by atoms with Gasteiger partial charge in [0.25, 0.3) is 5.91 Å². The van der Waals surface area contributed by atoms with E-state index in [1.807, 2.05) is 4.90 Å². The molecule has 2 nitrogen and oxygen atoms in total. The van der Waals surface area contributed by atoms with Gasteiger partial charge in [-0.25, -0.2) is 4.39 Å². The summed E-state index contributed by atoms with van der Waals surface area (Å²) in [6.07, 6.45) is 3.11. The first-order valence-corrected chi connectivity index (χ1v) is 7.26. The number of hydrogen-bond donors (Lipinski definition) is 0. The molecule has 1 aromatic carbocycles. The lowest BCUT2D eigenvalue weighted by Crippen LogP contribution is -2.40. The lowest BCUT2D eigenvalue weighted by molar-refractivity contribution is 0.0671. The maximum atomic E-state index is 13.2. The van der Waals surface area contributed by atoms with Gasteiger partial charge in [0.2, 0.25) is 0 Å². The van der Waals surface area contributed by atoms with E-state index < -0.39 is 0 Å². The predicted octanol–water partition coefficient (Wildman–Crippen LogP) is 3.62. The minimum atomic E-state index is -0.268. The van der Waals surface area contributed by atoms with Crippen LogP contribution in [0.3, 0.4) is 0 Å². The highest BCUT2D eigenvalue weighted by molar-refractivity contribution is 6.17. The average molecular weight is 284 g/mol. The van der Waals surface area contributed by atoms with Gasteiger partial charge < -0.3 is 4.90 Å². The number of benzene rings is 1. The number of aryl methyl sites for hydroxylation is 1. The molecule has 104 valence electrons. The number of amides is 1. The maximum absolute atomic E-state index is 13.2. The Labute approximate surface area is 118 Å². The molecule has 0 spiro atoms. The quantitative estimate of drug-likeness (QED) is 0.776. The Morgan fingerprint density at radius 1 is 1.53 bits per heavy atom. The molecule has 1 amide bonds. The summed E-state index contributed by atoms with van der Waals surface area (Å²) in [7, 11) is 0. The predicted molar refractivity (Wildman–Crippen MR) is 75.1 cm³/mol. The van der Waals surface area contributed by atoms with Crippen molar-refractivity contribution in [2.75, 3.05) is 19.0 Å². The molecule has 1 heterocycles. The summed E-state index contributed by atoms with van der Waals surface area (Å²) in [6.45, 7) is 3.23. The first-order chi connectivity index (χ1) is 9.11. The molecule has 2 rings (SSSR count). The van der Waals surface area contributed by atoms with E-state index in [9.17, 15) is 9.18 Å². The van der Waals surface area contributed by atoms with Crippen molar-refractivity contribution < 1.29 is 9.18 Å². The summed E-state index contributed by atoms with van der Waals surface area (Å²) < 4.78 is 13.2. The Kier molecular flexibility index (Phi) is 4.81. The van der Waals surface area contributed by atoms with Crippen LogP contribution in [0.4, 0.5) is 4.39 Å². The highest BCUT2D eigenvalue weighted by Gasteiger charge is 2.24. The lowest BCUT2D eigenvalue weighted by Gasteiger charge is -2.32. The zero-order valence-corrected chi connectivity index (χ0v) is 11.9. The second-order valence-corrected chi connectivity index (χ2v) is 5.58. The normalized spacial score (nSPS) is 19.5. The molecule has 1 aliphatic heterocycles. The lowest BCUT2D eigenvalue weighted by atomic mass is 9.95. The van der Waals surface area contributed by atoms with Gasteiger partial charge in [-0.3, -0.25) is 4.79 Å². The van der Waals surface area contributed by atoms with Crippen LogP contribution < -0.4 is 0 Å². The Balaban J connectivity index is 2.08. The Bertz CT molecular complexity index is 461. The van der Waals surface area contributed by atoms with E-state index in [-0.39, 0.29) is 11.7 Å². The molecule has 0 saturated carbocycles. The number of nitrogens with zero attached hydrogens (tertiary/aromatic N) is 1. The molecule has 1 saturated heterocycles. The van der Waals surface area contributed by atoms with Crippen molar-refractivity contribution in [3.63, 3.8) is 0 Å². The van der Waals surface area contributed by atoms with Crippen molar-refractivity contribution in [3.05, 3.63) is 35.1 Å². The Morgan fingerprint density at radius 3 is 3.00 bits per heavy atom. The highest BCUT2D eigenvalue weighted by atomic mass is 35.5. The summed E-state index contributed by atoms with van der Waals surface area (Å²) in [5.41, 5.74) is 1.09. The average Bonchev–Trinajstić information content (AvgIpc) is 2.42. The van der Waals surface area contributed by atoms with Crippen LogP contribution in [0.5, 0.6) is 0 Å². The second-order valence-electron chi connectivity index (χ2n) is 5.20. The smallest absolute Gasteiger partial charge is 0.253 e. The van der Waals surface area contributed by atoms with Gasteiger partial charge in [-0.1, -0.05) is 0 Å². The van der Waals surface area contributed by atoms with Crippen LogP contribution in [-0.2, 0) is 0 Å². The van der Waals surface area contributed by atoms with E-state index >= 15 is 0 Å². The van der Waals surface area contributed by atoms with Gasteiger partial charge in [0.15, 0.2) is 0 Å². The molecule has 1 unspecified atom stereocenters. The van der Waals surface area contributed by atoms with Crippen molar-refractivity contribution in [1.29, 1.82) is 0 Å². The molecule has 1 fully saturated rings. The largest absolute Gasteiger partial charge is 0.338 e. The topological polar surface area (TPSA) is 20.3 Å². The third-order valence-corrected chi connectivity index (χ3v) is 3.95. The van der Waals surface area contributed by atoms with Crippen molar-refractivity contribution in [2.45, 2.75) is 26.2 Å². The number of hydrogen-bond acceptors (Lipinski definition) is 1. The molecule has 1 aromatic rings. The van der Waals surface area contributed by atoms with Gasteiger partial charge in [0.1, 0.15) is 5.82 Å². The zero-order valence-electron chi connectivity index (χ0n) is 11.2. The van der Waals surface area contributed by atoms with Gasteiger partial charge in [0.05, 0.1) is 0 Å². The minimum Gasteiger partial charge on any atom is -0.338 e.